The van der Waals surface area contributed by atoms with E-state index in [0.717, 1.165) is 31.6 Å². The Bertz CT molecular complexity index is 928. The third kappa shape index (κ3) is 3.14. The molecule has 3 aromatic rings. The van der Waals surface area contributed by atoms with Crippen molar-refractivity contribution in [1.82, 2.24) is 15.5 Å². The molecule has 1 saturated heterocycles. The summed E-state index contributed by atoms with van der Waals surface area (Å²) in [6.07, 6.45) is 1.85. The van der Waals surface area contributed by atoms with Crippen LogP contribution in [0.3, 0.4) is 0 Å². The second-order valence-electron chi connectivity index (χ2n) is 6.83. The van der Waals surface area contributed by atoms with Crippen LogP contribution < -0.4 is 10.2 Å². The van der Waals surface area contributed by atoms with E-state index in [1.54, 1.807) is 6.07 Å². The fourth-order valence-electron chi connectivity index (χ4n) is 3.58. The van der Waals surface area contributed by atoms with E-state index in [2.05, 4.69) is 44.6 Å². The van der Waals surface area contributed by atoms with E-state index in [0.29, 0.717) is 22.4 Å². The molecule has 4 rings (SSSR count). The van der Waals surface area contributed by atoms with Crippen molar-refractivity contribution in [2.75, 3.05) is 18.0 Å². The van der Waals surface area contributed by atoms with Crippen molar-refractivity contribution in [3.63, 3.8) is 0 Å². The first-order valence-electron chi connectivity index (χ1n) is 8.96. The molecular formula is C20H22N4O2. The Labute approximate surface area is 152 Å². The van der Waals surface area contributed by atoms with Gasteiger partial charge in [-0.3, -0.25) is 4.79 Å². The SMILES string of the molecule is Cc1cc(C(=O)NC2CCN(c3ccccc3)CC2)c2c(C)noc2n1. The molecule has 0 bridgehead atoms. The summed E-state index contributed by atoms with van der Waals surface area (Å²) >= 11 is 0. The molecule has 1 fully saturated rings. The average molecular weight is 350 g/mol. The van der Waals surface area contributed by atoms with Crippen LogP contribution in [0.15, 0.2) is 40.9 Å². The summed E-state index contributed by atoms with van der Waals surface area (Å²) in [7, 11) is 0. The van der Waals surface area contributed by atoms with Crippen LogP contribution in [0.5, 0.6) is 0 Å². The molecule has 6 heteroatoms. The minimum Gasteiger partial charge on any atom is -0.371 e. The van der Waals surface area contributed by atoms with Crippen molar-refractivity contribution in [3.05, 3.63) is 53.3 Å². The highest BCUT2D eigenvalue weighted by molar-refractivity contribution is 6.06. The number of para-hydroxylation sites is 1. The molecule has 6 nitrogen and oxygen atoms in total. The van der Waals surface area contributed by atoms with E-state index < -0.39 is 0 Å². The van der Waals surface area contributed by atoms with Gasteiger partial charge in [-0.25, -0.2) is 4.98 Å². The Hall–Kier alpha value is -2.89. The zero-order valence-electron chi connectivity index (χ0n) is 15.0. The van der Waals surface area contributed by atoms with Gasteiger partial charge in [0.15, 0.2) is 0 Å². The van der Waals surface area contributed by atoms with E-state index in [-0.39, 0.29) is 11.9 Å². The summed E-state index contributed by atoms with van der Waals surface area (Å²) in [5.74, 6) is -0.0787. The lowest BCUT2D eigenvalue weighted by Gasteiger charge is -2.34. The van der Waals surface area contributed by atoms with Crippen molar-refractivity contribution in [3.8, 4) is 0 Å². The molecule has 0 saturated carbocycles. The molecule has 1 aliphatic heterocycles. The maximum Gasteiger partial charge on any atom is 0.258 e. The van der Waals surface area contributed by atoms with Crippen LogP contribution in [0.4, 0.5) is 5.69 Å². The van der Waals surface area contributed by atoms with Gasteiger partial charge in [0.05, 0.1) is 16.6 Å². The average Bonchev–Trinajstić information content (AvgIpc) is 3.03. The molecular weight excluding hydrogens is 328 g/mol. The fraction of sp³-hybridized carbons (Fsp3) is 0.350. The number of aromatic nitrogens is 2. The van der Waals surface area contributed by atoms with Gasteiger partial charge in [0.1, 0.15) is 0 Å². The summed E-state index contributed by atoms with van der Waals surface area (Å²) < 4.78 is 5.23. The monoisotopic (exact) mass is 350 g/mol. The molecule has 1 aliphatic rings. The van der Waals surface area contributed by atoms with Crippen LogP contribution in [0.1, 0.15) is 34.6 Å². The zero-order valence-corrected chi connectivity index (χ0v) is 15.0. The van der Waals surface area contributed by atoms with Crippen molar-refractivity contribution < 1.29 is 9.32 Å². The van der Waals surface area contributed by atoms with Gasteiger partial charge in [0, 0.05) is 30.5 Å². The number of carbonyl (C=O) groups excluding carboxylic acids is 1. The van der Waals surface area contributed by atoms with Gasteiger partial charge in [-0.05, 0) is 44.9 Å². The van der Waals surface area contributed by atoms with E-state index in [1.807, 2.05) is 19.9 Å². The number of nitrogens with zero attached hydrogens (tertiary/aromatic N) is 3. The fourth-order valence-corrected chi connectivity index (χ4v) is 3.58. The van der Waals surface area contributed by atoms with Crippen molar-refractivity contribution >= 4 is 22.7 Å². The van der Waals surface area contributed by atoms with Crippen LogP contribution in [0, 0.1) is 13.8 Å². The van der Waals surface area contributed by atoms with Gasteiger partial charge in [-0.1, -0.05) is 23.4 Å². The molecule has 2 aromatic heterocycles. The lowest BCUT2D eigenvalue weighted by molar-refractivity contribution is 0.0932. The molecule has 1 amide bonds. The lowest BCUT2D eigenvalue weighted by atomic mass is 10.0. The molecule has 1 N–H and O–H groups in total. The Morgan fingerprint density at radius 1 is 1.19 bits per heavy atom. The lowest BCUT2D eigenvalue weighted by Crippen LogP contribution is -2.44. The van der Waals surface area contributed by atoms with Gasteiger partial charge in [-0.15, -0.1) is 0 Å². The predicted molar refractivity (Wildman–Crippen MR) is 100 cm³/mol. The quantitative estimate of drug-likeness (QED) is 0.785. The Kier molecular flexibility index (Phi) is 4.32. The number of piperidine rings is 1. The summed E-state index contributed by atoms with van der Waals surface area (Å²) in [6, 6.07) is 12.4. The number of anilines is 1. The zero-order chi connectivity index (χ0) is 18.1. The van der Waals surface area contributed by atoms with Gasteiger partial charge in [0.2, 0.25) is 0 Å². The first-order valence-corrected chi connectivity index (χ1v) is 8.96. The second kappa shape index (κ2) is 6.78. The number of amides is 1. The van der Waals surface area contributed by atoms with Crippen LogP contribution >= 0.6 is 0 Å². The molecule has 0 radical (unpaired) electrons. The normalized spacial score (nSPS) is 15.4. The first kappa shape index (κ1) is 16.6. The van der Waals surface area contributed by atoms with Crippen LogP contribution in [0.25, 0.3) is 11.1 Å². The molecule has 0 spiro atoms. The second-order valence-corrected chi connectivity index (χ2v) is 6.83. The van der Waals surface area contributed by atoms with Crippen molar-refractivity contribution in [1.29, 1.82) is 0 Å². The van der Waals surface area contributed by atoms with Crippen LogP contribution in [0.2, 0.25) is 0 Å². The highest BCUT2D eigenvalue weighted by Gasteiger charge is 2.23. The number of hydrogen-bond donors (Lipinski definition) is 1. The third-order valence-electron chi connectivity index (χ3n) is 4.94. The number of pyridine rings is 1. The Morgan fingerprint density at radius 3 is 2.65 bits per heavy atom. The number of fused-ring (bicyclic) bond motifs is 1. The first-order chi connectivity index (χ1) is 12.6. The Balaban J connectivity index is 1.46. The smallest absolute Gasteiger partial charge is 0.258 e. The molecule has 1 aromatic carbocycles. The van der Waals surface area contributed by atoms with Gasteiger partial charge in [0.25, 0.3) is 11.6 Å². The van der Waals surface area contributed by atoms with E-state index in [9.17, 15) is 4.79 Å². The number of aryl methyl sites for hydroxylation is 2. The number of benzene rings is 1. The van der Waals surface area contributed by atoms with E-state index in [1.165, 1.54) is 5.69 Å². The summed E-state index contributed by atoms with van der Waals surface area (Å²) in [5.41, 5.74) is 3.70. The number of rotatable bonds is 3. The number of nitrogens with one attached hydrogen (secondary N) is 1. The number of carbonyl (C=O) groups is 1. The van der Waals surface area contributed by atoms with E-state index in [4.69, 9.17) is 4.52 Å². The minimum absolute atomic E-state index is 0.0787. The molecule has 0 aliphatic carbocycles. The van der Waals surface area contributed by atoms with Gasteiger partial charge < -0.3 is 14.7 Å². The summed E-state index contributed by atoms with van der Waals surface area (Å²) in [4.78, 5) is 19.5. The largest absolute Gasteiger partial charge is 0.371 e. The summed E-state index contributed by atoms with van der Waals surface area (Å²) in [5, 5.41) is 7.83. The van der Waals surface area contributed by atoms with Gasteiger partial charge >= 0.3 is 0 Å². The third-order valence-corrected chi connectivity index (χ3v) is 4.94. The van der Waals surface area contributed by atoms with Crippen LogP contribution in [-0.2, 0) is 0 Å². The maximum atomic E-state index is 12.9. The highest BCUT2D eigenvalue weighted by Crippen LogP contribution is 2.23. The van der Waals surface area contributed by atoms with Gasteiger partial charge in [-0.2, -0.15) is 0 Å². The topological polar surface area (TPSA) is 71.3 Å². The molecule has 26 heavy (non-hydrogen) atoms. The molecule has 134 valence electrons. The highest BCUT2D eigenvalue weighted by atomic mass is 16.5. The predicted octanol–water partition coefficient (Wildman–Crippen LogP) is 3.24. The Morgan fingerprint density at radius 2 is 1.92 bits per heavy atom. The summed E-state index contributed by atoms with van der Waals surface area (Å²) in [6.45, 7) is 5.56. The van der Waals surface area contributed by atoms with Crippen LogP contribution in [-0.4, -0.2) is 35.2 Å². The van der Waals surface area contributed by atoms with E-state index >= 15 is 0 Å². The molecule has 3 heterocycles. The minimum atomic E-state index is -0.0787. The van der Waals surface area contributed by atoms with Crippen molar-refractivity contribution in [2.45, 2.75) is 32.7 Å². The maximum absolute atomic E-state index is 12.9. The molecule has 0 atom stereocenters. The number of hydrogen-bond acceptors (Lipinski definition) is 5. The molecule has 0 unspecified atom stereocenters. The van der Waals surface area contributed by atoms with Crippen molar-refractivity contribution in [2.24, 2.45) is 0 Å². The standard InChI is InChI=1S/C20H22N4O2/c1-13-12-17(18-14(2)23-26-20(18)21-13)19(25)22-15-8-10-24(11-9-15)16-6-4-3-5-7-16/h3-7,12,15H,8-11H2,1-2H3,(H,22,25).